The Morgan fingerprint density at radius 3 is 2.83 bits per heavy atom. The van der Waals surface area contributed by atoms with E-state index < -0.39 is 12.3 Å². The van der Waals surface area contributed by atoms with Crippen LogP contribution in [0.2, 0.25) is 0 Å². The molecule has 0 aromatic rings. The van der Waals surface area contributed by atoms with E-state index in [1.165, 1.54) is 0 Å². The van der Waals surface area contributed by atoms with E-state index in [0.717, 1.165) is 0 Å². The SMILES string of the molecule is [N-]=[N+]=NCCCNC(=O)C(F)F. The molecule has 7 heteroatoms. The summed E-state index contributed by atoms with van der Waals surface area (Å²) >= 11 is 0. The zero-order valence-electron chi connectivity index (χ0n) is 6.20. The maximum Gasteiger partial charge on any atom is 0.315 e. The molecule has 0 bridgehead atoms. The van der Waals surface area contributed by atoms with Crippen molar-refractivity contribution >= 4 is 5.91 Å². The molecule has 12 heavy (non-hydrogen) atoms. The molecule has 0 atom stereocenters. The van der Waals surface area contributed by atoms with Gasteiger partial charge in [0.15, 0.2) is 0 Å². The van der Waals surface area contributed by atoms with Gasteiger partial charge in [0.2, 0.25) is 0 Å². The van der Waals surface area contributed by atoms with Crippen LogP contribution in [0.25, 0.3) is 10.4 Å². The van der Waals surface area contributed by atoms with Gasteiger partial charge in [0.25, 0.3) is 5.91 Å². The number of nitrogens with one attached hydrogen (secondary N) is 1. The summed E-state index contributed by atoms with van der Waals surface area (Å²) in [5.41, 5.74) is 7.81. The van der Waals surface area contributed by atoms with Gasteiger partial charge in [0.05, 0.1) is 0 Å². The average Bonchev–Trinajstić information content (AvgIpc) is 2.03. The van der Waals surface area contributed by atoms with Crippen LogP contribution in [0.15, 0.2) is 5.11 Å². The summed E-state index contributed by atoms with van der Waals surface area (Å²) in [5, 5.41) is 5.12. The maximum absolute atomic E-state index is 11.5. The second kappa shape index (κ2) is 6.36. The highest BCUT2D eigenvalue weighted by atomic mass is 19.3. The number of hydrogen-bond acceptors (Lipinski definition) is 2. The summed E-state index contributed by atoms with van der Waals surface area (Å²) in [6.07, 6.45) is -2.62. The number of carbonyl (C=O) groups excluding carboxylic acids is 1. The van der Waals surface area contributed by atoms with Gasteiger partial charge in [0.1, 0.15) is 0 Å². The second-order valence-corrected chi connectivity index (χ2v) is 1.90. The van der Waals surface area contributed by atoms with E-state index in [1.807, 2.05) is 5.32 Å². The normalized spacial score (nSPS) is 9.25. The number of rotatable bonds is 5. The first-order chi connectivity index (χ1) is 5.68. The zero-order valence-corrected chi connectivity index (χ0v) is 6.20. The van der Waals surface area contributed by atoms with Gasteiger partial charge in [-0.05, 0) is 12.0 Å². The van der Waals surface area contributed by atoms with E-state index in [1.54, 1.807) is 0 Å². The van der Waals surface area contributed by atoms with E-state index >= 15 is 0 Å². The number of azide groups is 1. The van der Waals surface area contributed by atoms with Crippen LogP contribution in [0.3, 0.4) is 0 Å². The molecule has 0 aromatic carbocycles. The molecule has 0 saturated heterocycles. The number of alkyl halides is 2. The van der Waals surface area contributed by atoms with Crippen LogP contribution in [-0.4, -0.2) is 25.4 Å². The molecule has 1 amide bonds. The van der Waals surface area contributed by atoms with Gasteiger partial charge in [-0.1, -0.05) is 5.11 Å². The Kier molecular flexibility index (Phi) is 5.64. The van der Waals surface area contributed by atoms with Crippen molar-refractivity contribution in [3.05, 3.63) is 10.4 Å². The Balaban J connectivity index is 3.31. The van der Waals surface area contributed by atoms with E-state index in [0.29, 0.717) is 6.42 Å². The molecule has 0 aliphatic carbocycles. The van der Waals surface area contributed by atoms with Crippen LogP contribution in [-0.2, 0) is 4.79 Å². The molecule has 0 heterocycles. The largest absolute Gasteiger partial charge is 0.351 e. The molecule has 0 saturated carbocycles. The summed E-state index contributed by atoms with van der Waals surface area (Å²) in [4.78, 5) is 12.7. The van der Waals surface area contributed by atoms with Crippen molar-refractivity contribution in [2.45, 2.75) is 12.8 Å². The second-order valence-electron chi connectivity index (χ2n) is 1.90. The summed E-state index contributed by atoms with van der Waals surface area (Å²) in [5.74, 6) is -1.30. The van der Waals surface area contributed by atoms with Gasteiger partial charge >= 0.3 is 6.43 Å². The topological polar surface area (TPSA) is 77.9 Å². The Morgan fingerprint density at radius 2 is 2.33 bits per heavy atom. The summed E-state index contributed by atoms with van der Waals surface area (Å²) in [6, 6.07) is 0. The van der Waals surface area contributed by atoms with Gasteiger partial charge in [-0.2, -0.15) is 8.78 Å². The Morgan fingerprint density at radius 1 is 1.67 bits per heavy atom. The number of nitrogens with zero attached hydrogens (tertiary/aromatic N) is 3. The first-order valence-corrected chi connectivity index (χ1v) is 3.25. The summed E-state index contributed by atoms with van der Waals surface area (Å²) < 4.78 is 23.0. The van der Waals surface area contributed by atoms with Crippen molar-refractivity contribution in [3.63, 3.8) is 0 Å². The standard InChI is InChI=1S/C5H8F2N4O/c6-4(7)5(12)9-2-1-3-10-11-8/h4H,1-3H2,(H,9,12). The minimum absolute atomic E-state index is 0.0994. The molecule has 0 fully saturated rings. The molecule has 5 nitrogen and oxygen atoms in total. The first-order valence-electron chi connectivity index (χ1n) is 3.25. The van der Waals surface area contributed by atoms with E-state index in [9.17, 15) is 13.6 Å². The number of carbonyl (C=O) groups is 1. The van der Waals surface area contributed by atoms with E-state index in [2.05, 4.69) is 10.0 Å². The van der Waals surface area contributed by atoms with Crippen LogP contribution in [0.5, 0.6) is 0 Å². The predicted octanol–water partition coefficient (Wildman–Crippen LogP) is 1.07. The fourth-order valence-electron chi connectivity index (χ4n) is 0.483. The Labute approximate surface area is 67.4 Å². The van der Waals surface area contributed by atoms with Crippen LogP contribution >= 0.6 is 0 Å². The number of halogens is 2. The summed E-state index contributed by atoms with van der Waals surface area (Å²) in [7, 11) is 0. The molecule has 0 rings (SSSR count). The molecular weight excluding hydrogens is 170 g/mol. The fraction of sp³-hybridized carbons (Fsp3) is 0.800. The average molecular weight is 178 g/mol. The first kappa shape index (κ1) is 10.6. The lowest BCUT2D eigenvalue weighted by molar-refractivity contribution is -0.131. The highest BCUT2D eigenvalue weighted by Crippen LogP contribution is 1.90. The monoisotopic (exact) mass is 178 g/mol. The third kappa shape index (κ3) is 5.43. The van der Waals surface area contributed by atoms with Crippen LogP contribution in [0.1, 0.15) is 6.42 Å². The predicted molar refractivity (Wildman–Crippen MR) is 37.6 cm³/mol. The van der Waals surface area contributed by atoms with Gasteiger partial charge < -0.3 is 5.32 Å². The third-order valence-corrected chi connectivity index (χ3v) is 0.996. The molecule has 0 spiro atoms. The highest BCUT2D eigenvalue weighted by molar-refractivity contribution is 5.78. The van der Waals surface area contributed by atoms with E-state index in [4.69, 9.17) is 5.53 Å². The molecule has 68 valence electrons. The molecule has 0 aliphatic heterocycles. The lowest BCUT2D eigenvalue weighted by Crippen LogP contribution is -2.30. The number of hydrogen-bond donors (Lipinski definition) is 1. The Hall–Kier alpha value is -1.36. The van der Waals surface area contributed by atoms with Gasteiger partial charge in [-0.25, -0.2) is 0 Å². The quantitative estimate of drug-likeness (QED) is 0.290. The fourth-order valence-corrected chi connectivity index (χ4v) is 0.483. The highest BCUT2D eigenvalue weighted by Gasteiger charge is 2.12. The zero-order chi connectivity index (χ0) is 9.40. The van der Waals surface area contributed by atoms with Crippen molar-refractivity contribution in [1.82, 2.24) is 5.32 Å². The lowest BCUT2D eigenvalue weighted by Gasteiger charge is -2.01. The molecule has 0 aliphatic rings. The summed E-state index contributed by atoms with van der Waals surface area (Å²) in [6.45, 7) is 0.294. The van der Waals surface area contributed by atoms with Crippen molar-refractivity contribution in [2.24, 2.45) is 5.11 Å². The molecule has 0 radical (unpaired) electrons. The van der Waals surface area contributed by atoms with Crippen molar-refractivity contribution < 1.29 is 13.6 Å². The van der Waals surface area contributed by atoms with Crippen molar-refractivity contribution in [2.75, 3.05) is 13.1 Å². The van der Waals surface area contributed by atoms with Crippen molar-refractivity contribution in [3.8, 4) is 0 Å². The Bertz CT molecular complexity index is 190. The minimum atomic E-state index is -2.98. The molecule has 1 N–H and O–H groups in total. The third-order valence-electron chi connectivity index (χ3n) is 0.996. The van der Waals surface area contributed by atoms with Crippen LogP contribution in [0, 0.1) is 0 Å². The van der Waals surface area contributed by atoms with Gasteiger partial charge in [-0.3, -0.25) is 4.79 Å². The minimum Gasteiger partial charge on any atom is -0.351 e. The molecular formula is C5H8F2N4O. The molecule has 0 unspecified atom stereocenters. The number of amides is 1. The van der Waals surface area contributed by atoms with Crippen LogP contribution in [0.4, 0.5) is 8.78 Å². The van der Waals surface area contributed by atoms with E-state index in [-0.39, 0.29) is 13.1 Å². The van der Waals surface area contributed by atoms with Gasteiger partial charge in [-0.15, -0.1) is 0 Å². The maximum atomic E-state index is 11.5. The van der Waals surface area contributed by atoms with Crippen molar-refractivity contribution in [1.29, 1.82) is 0 Å². The van der Waals surface area contributed by atoms with Gasteiger partial charge in [0, 0.05) is 18.0 Å². The van der Waals surface area contributed by atoms with Crippen LogP contribution < -0.4 is 5.32 Å². The smallest absolute Gasteiger partial charge is 0.315 e. The lowest BCUT2D eigenvalue weighted by atomic mass is 10.4. The molecule has 0 aromatic heterocycles.